The first-order valence-corrected chi connectivity index (χ1v) is 7.97. The molecule has 0 unspecified atom stereocenters. The Morgan fingerprint density at radius 3 is 2.88 bits per heavy atom. The molecule has 0 amide bonds. The predicted molar refractivity (Wildman–Crippen MR) is 95.3 cm³/mol. The van der Waals surface area contributed by atoms with Crippen LogP contribution >= 0.6 is 0 Å². The minimum absolute atomic E-state index is 0.0172. The lowest BCUT2D eigenvalue weighted by Crippen LogP contribution is -2.09. The molecule has 0 saturated carbocycles. The van der Waals surface area contributed by atoms with Gasteiger partial charge in [-0.15, -0.1) is 0 Å². The lowest BCUT2D eigenvalue weighted by atomic mass is 10.1. The van der Waals surface area contributed by atoms with Crippen LogP contribution in [0.5, 0.6) is 0 Å². The second-order valence-electron chi connectivity index (χ2n) is 5.82. The van der Waals surface area contributed by atoms with Gasteiger partial charge in [0, 0.05) is 12.1 Å². The average molecular weight is 338 g/mol. The van der Waals surface area contributed by atoms with E-state index in [1.165, 1.54) is 36.5 Å². The van der Waals surface area contributed by atoms with Crippen LogP contribution in [0.3, 0.4) is 0 Å². The lowest BCUT2D eigenvalue weighted by Gasteiger charge is -2.16. The first-order chi connectivity index (χ1) is 12.1. The topological polar surface area (TPSA) is 81.5 Å². The number of ether oxygens (including phenoxy) is 1. The second kappa shape index (κ2) is 7.17. The minimum Gasteiger partial charge on any atom is -0.466 e. The van der Waals surface area contributed by atoms with Crippen molar-refractivity contribution in [1.29, 1.82) is 0 Å². The first-order valence-electron chi connectivity index (χ1n) is 7.97. The van der Waals surface area contributed by atoms with Crippen LogP contribution in [0, 0.1) is 10.1 Å². The Balaban J connectivity index is 1.86. The number of hydrogen-bond donors (Lipinski definition) is 1. The molecule has 1 atom stereocenters. The van der Waals surface area contributed by atoms with Crippen molar-refractivity contribution in [2.45, 2.75) is 18.9 Å². The normalized spacial score (nSPS) is 15.8. The maximum absolute atomic E-state index is 11.4. The Bertz CT molecular complexity index is 845. The molecule has 1 N–H and O–H groups in total. The molecule has 25 heavy (non-hydrogen) atoms. The van der Waals surface area contributed by atoms with E-state index in [4.69, 9.17) is 0 Å². The average Bonchev–Trinajstić information content (AvgIpc) is 3.03. The molecule has 0 spiro atoms. The van der Waals surface area contributed by atoms with Crippen LogP contribution in [-0.4, -0.2) is 18.0 Å². The maximum Gasteiger partial charge on any atom is 0.330 e. The van der Waals surface area contributed by atoms with Gasteiger partial charge in [0.2, 0.25) is 0 Å². The zero-order valence-electron chi connectivity index (χ0n) is 13.8. The van der Waals surface area contributed by atoms with Gasteiger partial charge in [-0.2, -0.15) is 0 Å². The molecule has 2 aromatic carbocycles. The van der Waals surface area contributed by atoms with Gasteiger partial charge in [0.25, 0.3) is 5.69 Å². The minimum atomic E-state index is -0.507. The van der Waals surface area contributed by atoms with Gasteiger partial charge >= 0.3 is 5.97 Å². The van der Waals surface area contributed by atoms with Crippen molar-refractivity contribution < 1.29 is 14.5 Å². The monoisotopic (exact) mass is 338 g/mol. The number of aryl methyl sites for hydroxylation is 1. The second-order valence-corrected chi connectivity index (χ2v) is 5.82. The number of carbonyl (C=O) groups is 1. The van der Waals surface area contributed by atoms with Gasteiger partial charge < -0.3 is 10.1 Å². The van der Waals surface area contributed by atoms with Crippen LogP contribution in [0.15, 0.2) is 48.5 Å². The number of anilines is 1. The summed E-state index contributed by atoms with van der Waals surface area (Å²) in [7, 11) is 1.28. The molecule has 1 aliphatic rings. The van der Waals surface area contributed by atoms with Gasteiger partial charge in [-0.05, 0) is 41.7 Å². The van der Waals surface area contributed by atoms with Gasteiger partial charge in [0.05, 0.1) is 18.1 Å². The highest BCUT2D eigenvalue weighted by Crippen LogP contribution is 2.36. The van der Waals surface area contributed by atoms with Gasteiger partial charge in [-0.1, -0.05) is 30.3 Å². The fourth-order valence-electron chi connectivity index (χ4n) is 3.05. The molecule has 6 heteroatoms. The van der Waals surface area contributed by atoms with Gasteiger partial charge in [-0.3, -0.25) is 10.1 Å². The molecule has 1 aliphatic carbocycles. The van der Waals surface area contributed by atoms with Crippen molar-refractivity contribution in [3.63, 3.8) is 0 Å². The van der Waals surface area contributed by atoms with E-state index in [0.717, 1.165) is 12.8 Å². The SMILES string of the molecule is COC(=O)/C=C/c1ccc(N[C@@H]2CCc3ccccc32)c([N+](=O)[O-])c1. The number of esters is 1. The van der Waals surface area contributed by atoms with E-state index >= 15 is 0 Å². The number of nitro groups is 1. The van der Waals surface area contributed by atoms with E-state index < -0.39 is 10.9 Å². The highest BCUT2D eigenvalue weighted by Gasteiger charge is 2.24. The van der Waals surface area contributed by atoms with Crippen molar-refractivity contribution in [2.75, 3.05) is 12.4 Å². The molecule has 6 nitrogen and oxygen atoms in total. The molecule has 0 radical (unpaired) electrons. The largest absolute Gasteiger partial charge is 0.466 e. The third-order valence-corrected chi connectivity index (χ3v) is 4.29. The van der Waals surface area contributed by atoms with Crippen molar-refractivity contribution in [1.82, 2.24) is 0 Å². The van der Waals surface area contributed by atoms with E-state index in [9.17, 15) is 14.9 Å². The number of fused-ring (bicyclic) bond motifs is 1. The Labute approximate surface area is 145 Å². The molecular formula is C19H18N2O4. The van der Waals surface area contributed by atoms with Crippen LogP contribution in [0.2, 0.25) is 0 Å². The maximum atomic E-state index is 11.4. The molecule has 2 aromatic rings. The van der Waals surface area contributed by atoms with Crippen LogP contribution in [-0.2, 0) is 16.0 Å². The van der Waals surface area contributed by atoms with Crippen molar-refractivity contribution in [3.05, 3.63) is 75.3 Å². The van der Waals surface area contributed by atoms with Gasteiger partial charge in [0.15, 0.2) is 0 Å². The summed E-state index contributed by atoms with van der Waals surface area (Å²) in [5.74, 6) is -0.507. The summed E-state index contributed by atoms with van der Waals surface area (Å²) in [4.78, 5) is 22.2. The summed E-state index contributed by atoms with van der Waals surface area (Å²) in [5, 5.41) is 14.7. The zero-order valence-corrected chi connectivity index (χ0v) is 13.8. The molecule has 0 aliphatic heterocycles. The van der Waals surface area contributed by atoms with Crippen molar-refractivity contribution >= 4 is 23.4 Å². The van der Waals surface area contributed by atoms with Crippen LogP contribution in [0.1, 0.15) is 29.2 Å². The molecule has 0 aromatic heterocycles. The standard InChI is InChI=1S/C19H18N2O4/c1-25-19(22)11-7-13-6-9-17(18(12-13)21(23)24)20-16-10-8-14-4-2-3-5-15(14)16/h2-7,9,11-12,16,20H,8,10H2,1H3/b11-7+/t16-/m1/s1. The Morgan fingerprint density at radius 2 is 2.12 bits per heavy atom. The van der Waals surface area contributed by atoms with Gasteiger partial charge in [-0.25, -0.2) is 4.79 Å². The summed E-state index contributed by atoms with van der Waals surface area (Å²) >= 11 is 0. The van der Waals surface area contributed by atoms with Crippen LogP contribution in [0.4, 0.5) is 11.4 Å². The van der Waals surface area contributed by atoms with E-state index in [2.05, 4.69) is 22.2 Å². The molecule has 128 valence electrons. The number of nitrogens with zero attached hydrogens (tertiary/aromatic N) is 1. The molecular weight excluding hydrogens is 320 g/mol. The first kappa shape index (κ1) is 16.7. The summed E-state index contributed by atoms with van der Waals surface area (Å²) in [6, 6.07) is 13.0. The number of nitrogens with one attached hydrogen (secondary N) is 1. The third-order valence-electron chi connectivity index (χ3n) is 4.29. The number of benzene rings is 2. The van der Waals surface area contributed by atoms with E-state index in [1.807, 2.05) is 12.1 Å². The number of methoxy groups -OCH3 is 1. The highest BCUT2D eigenvalue weighted by molar-refractivity contribution is 5.87. The zero-order chi connectivity index (χ0) is 17.8. The summed E-state index contributed by atoms with van der Waals surface area (Å²) in [5.41, 5.74) is 3.49. The van der Waals surface area contributed by atoms with Crippen molar-refractivity contribution in [2.24, 2.45) is 0 Å². The molecule has 3 rings (SSSR count). The summed E-state index contributed by atoms with van der Waals surface area (Å²) in [6.45, 7) is 0. The fraction of sp³-hybridized carbons (Fsp3) is 0.211. The molecule has 0 saturated heterocycles. The van der Waals surface area contributed by atoms with Crippen LogP contribution in [0.25, 0.3) is 6.08 Å². The fourth-order valence-corrected chi connectivity index (χ4v) is 3.05. The van der Waals surface area contributed by atoms with E-state index in [1.54, 1.807) is 12.1 Å². The summed E-state index contributed by atoms with van der Waals surface area (Å²) < 4.78 is 4.52. The summed E-state index contributed by atoms with van der Waals surface area (Å²) in [6.07, 6.45) is 4.59. The predicted octanol–water partition coefficient (Wildman–Crippen LogP) is 3.88. The number of rotatable bonds is 5. The van der Waals surface area contributed by atoms with E-state index in [0.29, 0.717) is 11.3 Å². The number of nitro benzene ring substituents is 1. The molecule has 0 fully saturated rings. The van der Waals surface area contributed by atoms with Crippen LogP contribution < -0.4 is 5.32 Å². The number of carbonyl (C=O) groups excluding carboxylic acids is 1. The molecule has 0 bridgehead atoms. The Morgan fingerprint density at radius 1 is 1.32 bits per heavy atom. The van der Waals surface area contributed by atoms with Crippen molar-refractivity contribution in [3.8, 4) is 0 Å². The quantitative estimate of drug-likeness (QED) is 0.387. The van der Waals surface area contributed by atoms with E-state index in [-0.39, 0.29) is 11.7 Å². The molecule has 0 heterocycles. The Hall–Kier alpha value is -3.15. The Kier molecular flexibility index (Phi) is 4.79. The number of hydrogen-bond acceptors (Lipinski definition) is 5. The third kappa shape index (κ3) is 3.68. The smallest absolute Gasteiger partial charge is 0.330 e. The highest BCUT2D eigenvalue weighted by atomic mass is 16.6. The van der Waals surface area contributed by atoms with Gasteiger partial charge in [0.1, 0.15) is 5.69 Å². The lowest BCUT2D eigenvalue weighted by molar-refractivity contribution is -0.384.